The molecule has 2 rings (SSSR count). The number of aryl methyl sites for hydroxylation is 1. The van der Waals surface area contributed by atoms with Gasteiger partial charge in [-0.15, -0.1) is 0 Å². The number of rotatable bonds is 5. The predicted octanol–water partition coefficient (Wildman–Crippen LogP) is 4.18. The van der Waals surface area contributed by atoms with E-state index >= 15 is 0 Å². The largest absolute Gasteiger partial charge is 0.497 e. The van der Waals surface area contributed by atoms with E-state index in [4.69, 9.17) is 4.74 Å². The molecule has 1 unspecified atom stereocenters. The van der Waals surface area contributed by atoms with E-state index in [2.05, 4.69) is 15.9 Å². The number of ether oxygens (including phenoxy) is 1. The first-order chi connectivity index (χ1) is 10.0. The number of methoxy groups -OCH3 is 1. The molecule has 0 aliphatic heterocycles. The lowest BCUT2D eigenvalue weighted by Crippen LogP contribution is -2.15. The third kappa shape index (κ3) is 3.85. The topological polar surface area (TPSA) is 46.5 Å². The van der Waals surface area contributed by atoms with Crippen LogP contribution in [0.5, 0.6) is 5.75 Å². The molecule has 110 valence electrons. The Morgan fingerprint density at radius 2 is 2.05 bits per heavy atom. The number of halogens is 1. The zero-order valence-corrected chi connectivity index (χ0v) is 13.6. The number of aliphatic carboxylic acids is 1. The van der Waals surface area contributed by atoms with Crippen molar-refractivity contribution in [3.05, 3.63) is 63.6 Å². The van der Waals surface area contributed by atoms with E-state index in [0.717, 1.165) is 26.9 Å². The molecule has 4 heteroatoms. The number of benzene rings is 2. The third-order valence-electron chi connectivity index (χ3n) is 3.42. The van der Waals surface area contributed by atoms with E-state index in [1.807, 2.05) is 49.4 Å². The van der Waals surface area contributed by atoms with Gasteiger partial charge in [-0.2, -0.15) is 0 Å². The van der Waals surface area contributed by atoms with Crippen LogP contribution in [0.15, 0.2) is 46.9 Å². The number of carbonyl (C=O) groups is 1. The van der Waals surface area contributed by atoms with Crippen LogP contribution < -0.4 is 4.74 Å². The van der Waals surface area contributed by atoms with Crippen molar-refractivity contribution >= 4 is 21.9 Å². The van der Waals surface area contributed by atoms with Crippen molar-refractivity contribution in [2.45, 2.75) is 19.3 Å². The minimum absolute atomic E-state index is 0.413. The fourth-order valence-corrected chi connectivity index (χ4v) is 2.70. The van der Waals surface area contributed by atoms with Gasteiger partial charge < -0.3 is 9.84 Å². The van der Waals surface area contributed by atoms with Crippen LogP contribution in [0.1, 0.15) is 22.6 Å². The Kier molecular flexibility index (Phi) is 5.02. The van der Waals surface area contributed by atoms with Gasteiger partial charge in [-0.3, -0.25) is 4.79 Å². The molecule has 21 heavy (non-hydrogen) atoms. The second-order valence-corrected chi connectivity index (χ2v) is 5.82. The minimum Gasteiger partial charge on any atom is -0.497 e. The van der Waals surface area contributed by atoms with Crippen molar-refractivity contribution < 1.29 is 14.6 Å². The lowest BCUT2D eigenvalue weighted by Gasteiger charge is -2.15. The van der Waals surface area contributed by atoms with Crippen LogP contribution in [0.4, 0.5) is 0 Å². The van der Waals surface area contributed by atoms with Crippen molar-refractivity contribution in [2.24, 2.45) is 0 Å². The first-order valence-electron chi connectivity index (χ1n) is 6.63. The molecule has 0 fully saturated rings. The molecule has 0 amide bonds. The van der Waals surface area contributed by atoms with Gasteiger partial charge in [-0.25, -0.2) is 0 Å². The summed E-state index contributed by atoms with van der Waals surface area (Å²) in [6, 6.07) is 13.2. The summed E-state index contributed by atoms with van der Waals surface area (Å²) >= 11 is 3.48. The SMILES string of the molecule is COc1ccc(Br)c(CC(C(=O)O)c2cccc(C)c2)c1. The van der Waals surface area contributed by atoms with Crippen LogP contribution in [-0.2, 0) is 11.2 Å². The van der Waals surface area contributed by atoms with Crippen LogP contribution in [0.3, 0.4) is 0 Å². The molecule has 2 aromatic carbocycles. The average Bonchev–Trinajstić information content (AvgIpc) is 2.46. The standard InChI is InChI=1S/C17H17BrO3/c1-11-4-3-5-12(8-11)15(17(19)20)10-13-9-14(21-2)6-7-16(13)18/h3-9,15H,10H2,1-2H3,(H,19,20). The van der Waals surface area contributed by atoms with Crippen LogP contribution in [0, 0.1) is 6.92 Å². The zero-order valence-electron chi connectivity index (χ0n) is 12.0. The minimum atomic E-state index is -0.824. The first-order valence-corrected chi connectivity index (χ1v) is 7.42. The maximum Gasteiger partial charge on any atom is 0.311 e. The Hall–Kier alpha value is -1.81. The Bertz CT molecular complexity index is 652. The molecular formula is C17H17BrO3. The highest BCUT2D eigenvalue weighted by molar-refractivity contribution is 9.10. The highest BCUT2D eigenvalue weighted by atomic mass is 79.9. The Morgan fingerprint density at radius 1 is 1.29 bits per heavy atom. The Labute approximate surface area is 132 Å². The lowest BCUT2D eigenvalue weighted by atomic mass is 9.91. The van der Waals surface area contributed by atoms with Gasteiger partial charge in [0.15, 0.2) is 0 Å². The summed E-state index contributed by atoms with van der Waals surface area (Å²) in [5.74, 6) is -0.676. The number of carboxylic acids is 1. The first kappa shape index (κ1) is 15.6. The van der Waals surface area contributed by atoms with E-state index in [1.54, 1.807) is 7.11 Å². The molecule has 0 bridgehead atoms. The molecule has 0 heterocycles. The Balaban J connectivity index is 2.35. The van der Waals surface area contributed by atoms with Crippen LogP contribution >= 0.6 is 15.9 Å². The highest BCUT2D eigenvalue weighted by Gasteiger charge is 2.21. The van der Waals surface area contributed by atoms with Crippen molar-refractivity contribution in [1.82, 2.24) is 0 Å². The summed E-state index contributed by atoms with van der Waals surface area (Å²) in [7, 11) is 1.60. The lowest BCUT2D eigenvalue weighted by molar-refractivity contribution is -0.138. The molecule has 0 aliphatic carbocycles. The molecular weight excluding hydrogens is 332 g/mol. The zero-order chi connectivity index (χ0) is 15.4. The smallest absolute Gasteiger partial charge is 0.311 e. The molecule has 1 N–H and O–H groups in total. The fourth-order valence-electron chi connectivity index (χ4n) is 2.29. The molecule has 0 saturated carbocycles. The van der Waals surface area contributed by atoms with Crippen LogP contribution in [0.25, 0.3) is 0 Å². The normalized spacial score (nSPS) is 12.0. The quantitative estimate of drug-likeness (QED) is 0.881. The second kappa shape index (κ2) is 6.76. The van der Waals surface area contributed by atoms with Gasteiger partial charge in [-0.1, -0.05) is 45.8 Å². The van der Waals surface area contributed by atoms with Gasteiger partial charge in [0.1, 0.15) is 5.75 Å². The van der Waals surface area contributed by atoms with Gasteiger partial charge in [-0.05, 0) is 42.7 Å². The van der Waals surface area contributed by atoms with Crippen molar-refractivity contribution in [2.75, 3.05) is 7.11 Å². The van der Waals surface area contributed by atoms with Crippen molar-refractivity contribution in [1.29, 1.82) is 0 Å². The molecule has 2 aromatic rings. The summed E-state index contributed by atoms with van der Waals surface area (Å²) in [4.78, 5) is 11.6. The monoisotopic (exact) mass is 348 g/mol. The van der Waals surface area contributed by atoms with Crippen molar-refractivity contribution in [3.63, 3.8) is 0 Å². The molecule has 1 atom stereocenters. The van der Waals surface area contributed by atoms with Gasteiger partial charge in [0.2, 0.25) is 0 Å². The number of carboxylic acid groups (broad SMARTS) is 1. The molecule has 3 nitrogen and oxygen atoms in total. The number of hydrogen-bond donors (Lipinski definition) is 1. The summed E-state index contributed by atoms with van der Waals surface area (Å²) in [6.45, 7) is 1.96. The van der Waals surface area contributed by atoms with Crippen molar-refractivity contribution in [3.8, 4) is 5.75 Å². The molecule has 0 spiro atoms. The second-order valence-electron chi connectivity index (χ2n) is 4.97. The summed E-state index contributed by atoms with van der Waals surface area (Å²) in [6.07, 6.45) is 0.413. The Morgan fingerprint density at radius 3 is 2.67 bits per heavy atom. The van der Waals surface area contributed by atoms with E-state index < -0.39 is 11.9 Å². The van der Waals surface area contributed by atoms with Gasteiger partial charge in [0.05, 0.1) is 13.0 Å². The molecule has 0 aliphatic rings. The summed E-state index contributed by atoms with van der Waals surface area (Å²) < 4.78 is 6.10. The van der Waals surface area contributed by atoms with E-state index in [9.17, 15) is 9.90 Å². The molecule has 0 saturated heterocycles. The van der Waals surface area contributed by atoms with Crippen LogP contribution in [-0.4, -0.2) is 18.2 Å². The average molecular weight is 349 g/mol. The van der Waals surface area contributed by atoms with E-state index in [0.29, 0.717) is 6.42 Å². The maximum atomic E-state index is 11.6. The van der Waals surface area contributed by atoms with E-state index in [-0.39, 0.29) is 0 Å². The number of hydrogen-bond acceptors (Lipinski definition) is 2. The van der Waals surface area contributed by atoms with E-state index in [1.165, 1.54) is 0 Å². The highest BCUT2D eigenvalue weighted by Crippen LogP contribution is 2.29. The predicted molar refractivity (Wildman–Crippen MR) is 86.0 cm³/mol. The summed E-state index contributed by atoms with van der Waals surface area (Å²) in [5.41, 5.74) is 2.80. The maximum absolute atomic E-state index is 11.6. The summed E-state index contributed by atoms with van der Waals surface area (Å²) in [5, 5.41) is 9.55. The van der Waals surface area contributed by atoms with Gasteiger partial charge in [0.25, 0.3) is 0 Å². The third-order valence-corrected chi connectivity index (χ3v) is 4.19. The molecule has 0 aromatic heterocycles. The fraction of sp³-hybridized carbons (Fsp3) is 0.235. The van der Waals surface area contributed by atoms with Crippen LogP contribution in [0.2, 0.25) is 0 Å². The van der Waals surface area contributed by atoms with Gasteiger partial charge in [0, 0.05) is 4.47 Å². The molecule has 0 radical (unpaired) electrons. The van der Waals surface area contributed by atoms with Gasteiger partial charge >= 0.3 is 5.97 Å².